The first-order valence-electron chi connectivity index (χ1n) is 9.00. The van der Waals surface area contributed by atoms with Gasteiger partial charge in [0.25, 0.3) is 0 Å². The zero-order valence-corrected chi connectivity index (χ0v) is 17.7. The van der Waals surface area contributed by atoms with Crippen molar-refractivity contribution in [3.8, 4) is 0 Å². The molecule has 30 heavy (non-hydrogen) atoms. The van der Waals surface area contributed by atoms with Gasteiger partial charge in [0, 0.05) is 27.3 Å². The Morgan fingerprint density at radius 2 is 1.80 bits per heavy atom. The van der Waals surface area contributed by atoms with Crippen LogP contribution in [0.4, 0.5) is 26.3 Å². The quantitative estimate of drug-likeness (QED) is 0.349. The molecule has 1 aromatic heterocycles. The molecule has 0 radical (unpaired) electrons. The van der Waals surface area contributed by atoms with Gasteiger partial charge in [0.15, 0.2) is 0 Å². The highest BCUT2D eigenvalue weighted by molar-refractivity contribution is 8.00. The molecule has 10 heteroatoms. The molecule has 164 valence electrons. The molecule has 0 saturated carbocycles. The summed E-state index contributed by atoms with van der Waals surface area (Å²) in [6.07, 6.45) is -6.20. The van der Waals surface area contributed by atoms with E-state index in [0.29, 0.717) is 16.2 Å². The summed E-state index contributed by atoms with van der Waals surface area (Å²) < 4.78 is 84.8. The van der Waals surface area contributed by atoms with Crippen molar-refractivity contribution >= 4 is 23.5 Å². The van der Waals surface area contributed by atoms with Crippen LogP contribution in [0.5, 0.6) is 0 Å². The molecule has 2 nitrogen and oxygen atoms in total. The van der Waals surface area contributed by atoms with E-state index in [1.54, 1.807) is 12.3 Å². The van der Waals surface area contributed by atoms with Gasteiger partial charge in [-0.2, -0.15) is 26.3 Å². The Morgan fingerprint density at radius 3 is 2.43 bits per heavy atom. The molecular weight excluding hydrogens is 448 g/mol. The van der Waals surface area contributed by atoms with Crippen LogP contribution in [0.1, 0.15) is 42.7 Å². The second-order valence-electron chi connectivity index (χ2n) is 7.20. The standard InChI is InChI=1S/C20H19F6NOS2/c1-18(30-13-5-3-4-12(8-13)19(21,22)23)6-7-28-16(10-18)17-15(20(24,25)26)9-14(29-2)11-27-17/h3-5,8-9,11,16H,6-7,10H2,1-2H3. The van der Waals surface area contributed by atoms with Gasteiger partial charge in [-0.05, 0) is 50.3 Å². The predicted molar refractivity (Wildman–Crippen MR) is 105 cm³/mol. The van der Waals surface area contributed by atoms with Crippen molar-refractivity contribution in [1.82, 2.24) is 4.98 Å². The number of alkyl halides is 6. The van der Waals surface area contributed by atoms with Crippen LogP contribution in [0.2, 0.25) is 0 Å². The van der Waals surface area contributed by atoms with E-state index in [1.807, 2.05) is 6.92 Å². The molecule has 1 fully saturated rings. The second-order valence-corrected chi connectivity index (χ2v) is 9.74. The fourth-order valence-corrected chi connectivity index (χ4v) is 5.03. The van der Waals surface area contributed by atoms with Crippen LogP contribution in [0, 0.1) is 0 Å². The molecule has 2 heterocycles. The molecule has 2 unspecified atom stereocenters. The highest BCUT2D eigenvalue weighted by atomic mass is 32.2. The van der Waals surface area contributed by atoms with Gasteiger partial charge in [-0.1, -0.05) is 6.07 Å². The first kappa shape index (κ1) is 23.3. The third-order valence-corrected chi connectivity index (χ3v) is 6.88. The molecule has 0 amide bonds. The molecule has 2 atom stereocenters. The SMILES string of the molecule is CSc1cnc(C2CC(C)(Sc3cccc(C(F)(F)F)c3)CCO2)c(C(F)(F)F)c1. The lowest BCUT2D eigenvalue weighted by atomic mass is 9.93. The highest BCUT2D eigenvalue weighted by Gasteiger charge is 2.41. The Morgan fingerprint density at radius 1 is 1.07 bits per heavy atom. The van der Waals surface area contributed by atoms with Crippen molar-refractivity contribution in [2.45, 2.75) is 52.8 Å². The normalized spacial score (nSPS) is 22.9. The van der Waals surface area contributed by atoms with Gasteiger partial charge in [0.05, 0.1) is 16.8 Å². The Kier molecular flexibility index (Phi) is 6.69. The number of thioether (sulfide) groups is 2. The third kappa shape index (κ3) is 5.45. The average molecular weight is 468 g/mol. The first-order chi connectivity index (χ1) is 13.9. The summed E-state index contributed by atoms with van der Waals surface area (Å²) in [5.74, 6) is 0. The van der Waals surface area contributed by atoms with Gasteiger partial charge in [-0.25, -0.2) is 0 Å². The summed E-state index contributed by atoms with van der Waals surface area (Å²) in [7, 11) is 0. The Labute approximate surface area is 178 Å². The van der Waals surface area contributed by atoms with E-state index in [4.69, 9.17) is 4.74 Å². The minimum atomic E-state index is -4.58. The van der Waals surface area contributed by atoms with Gasteiger partial charge < -0.3 is 4.74 Å². The third-order valence-electron chi connectivity index (χ3n) is 4.83. The van der Waals surface area contributed by atoms with Crippen LogP contribution in [-0.2, 0) is 17.1 Å². The largest absolute Gasteiger partial charge is 0.418 e. The molecule has 1 aromatic carbocycles. The van der Waals surface area contributed by atoms with Crippen molar-refractivity contribution in [2.24, 2.45) is 0 Å². The topological polar surface area (TPSA) is 22.1 Å². The molecule has 0 N–H and O–H groups in total. The van der Waals surface area contributed by atoms with Crippen LogP contribution in [0.15, 0.2) is 46.3 Å². The summed E-state index contributed by atoms with van der Waals surface area (Å²) in [6.45, 7) is 2.02. The van der Waals surface area contributed by atoms with Crippen LogP contribution in [-0.4, -0.2) is 22.6 Å². The monoisotopic (exact) mass is 467 g/mol. The van der Waals surface area contributed by atoms with Crippen LogP contribution in [0.3, 0.4) is 0 Å². The molecule has 1 aliphatic rings. The molecule has 0 aliphatic carbocycles. The zero-order valence-electron chi connectivity index (χ0n) is 16.1. The van der Waals surface area contributed by atoms with Crippen molar-refractivity contribution < 1.29 is 31.1 Å². The summed E-state index contributed by atoms with van der Waals surface area (Å²) in [5.41, 5.74) is -1.78. The highest BCUT2D eigenvalue weighted by Crippen LogP contribution is 2.48. The fourth-order valence-electron chi connectivity index (χ4n) is 3.31. The van der Waals surface area contributed by atoms with E-state index in [-0.39, 0.29) is 18.7 Å². The van der Waals surface area contributed by atoms with Gasteiger partial charge >= 0.3 is 12.4 Å². The number of ether oxygens (including phenoxy) is 1. The maximum absolute atomic E-state index is 13.6. The number of nitrogens with zero attached hydrogens (tertiary/aromatic N) is 1. The van der Waals surface area contributed by atoms with Crippen molar-refractivity contribution in [2.75, 3.05) is 12.9 Å². The molecule has 3 rings (SSSR count). The van der Waals surface area contributed by atoms with Gasteiger partial charge in [0.1, 0.15) is 6.10 Å². The summed E-state index contributed by atoms with van der Waals surface area (Å²) >= 11 is 2.38. The van der Waals surface area contributed by atoms with Crippen LogP contribution in [0.25, 0.3) is 0 Å². The second kappa shape index (κ2) is 8.63. The van der Waals surface area contributed by atoms with Crippen LogP contribution >= 0.6 is 23.5 Å². The van der Waals surface area contributed by atoms with Crippen molar-refractivity contribution in [3.05, 3.63) is 53.3 Å². The lowest BCUT2D eigenvalue weighted by Gasteiger charge is -2.38. The van der Waals surface area contributed by atoms with E-state index in [9.17, 15) is 26.3 Å². The summed E-state index contributed by atoms with van der Waals surface area (Å²) in [6, 6.07) is 6.01. The molecule has 0 spiro atoms. The van der Waals surface area contributed by atoms with Crippen LogP contribution < -0.4 is 0 Å². The number of aromatic nitrogens is 1. The number of pyridine rings is 1. The van der Waals surface area contributed by atoms with E-state index >= 15 is 0 Å². The molecule has 0 bridgehead atoms. The summed E-state index contributed by atoms with van der Waals surface area (Å²) in [5, 5.41) is 0. The summed E-state index contributed by atoms with van der Waals surface area (Å²) in [4.78, 5) is 4.84. The Bertz CT molecular complexity index is 902. The smallest absolute Gasteiger partial charge is 0.372 e. The van der Waals surface area contributed by atoms with E-state index in [2.05, 4.69) is 4.98 Å². The minimum absolute atomic E-state index is 0.184. The Balaban J connectivity index is 1.87. The molecule has 1 saturated heterocycles. The zero-order chi connectivity index (χ0) is 22.2. The van der Waals surface area contributed by atoms with E-state index in [0.717, 1.165) is 30.0 Å². The fraction of sp³-hybridized carbons (Fsp3) is 0.450. The number of benzene rings is 1. The molecule has 1 aliphatic heterocycles. The minimum Gasteiger partial charge on any atom is -0.372 e. The maximum atomic E-state index is 13.6. The van der Waals surface area contributed by atoms with Gasteiger partial charge in [-0.3, -0.25) is 4.98 Å². The van der Waals surface area contributed by atoms with Gasteiger partial charge in [0.2, 0.25) is 0 Å². The lowest BCUT2D eigenvalue weighted by molar-refractivity contribution is -0.141. The lowest BCUT2D eigenvalue weighted by Crippen LogP contribution is -2.33. The van der Waals surface area contributed by atoms with Crippen molar-refractivity contribution in [3.63, 3.8) is 0 Å². The Hall–Kier alpha value is -1.39. The number of halogens is 6. The average Bonchev–Trinajstić information content (AvgIpc) is 2.66. The molecular formula is C20H19F6NOS2. The van der Waals surface area contributed by atoms with Gasteiger partial charge in [-0.15, -0.1) is 23.5 Å². The van der Waals surface area contributed by atoms with Crippen molar-refractivity contribution in [1.29, 1.82) is 0 Å². The molecule has 2 aromatic rings. The number of hydrogen-bond acceptors (Lipinski definition) is 4. The van der Waals surface area contributed by atoms with E-state index in [1.165, 1.54) is 24.0 Å². The number of hydrogen-bond donors (Lipinski definition) is 0. The predicted octanol–water partition coefficient (Wildman–Crippen LogP) is 7.24. The first-order valence-corrected chi connectivity index (χ1v) is 11.0. The maximum Gasteiger partial charge on any atom is 0.418 e. The number of rotatable bonds is 4. The van der Waals surface area contributed by atoms with E-state index < -0.39 is 34.3 Å².